The molecule has 0 fully saturated rings. The molecule has 8 nitrogen and oxygen atoms in total. The summed E-state index contributed by atoms with van der Waals surface area (Å²) in [5.41, 5.74) is 1.11. The summed E-state index contributed by atoms with van der Waals surface area (Å²) in [7, 11) is 1.89. The van der Waals surface area contributed by atoms with Crippen molar-refractivity contribution >= 4 is 33.2 Å². The molecule has 2 aromatic heterocycles. The zero-order valence-electron chi connectivity index (χ0n) is 23.4. The van der Waals surface area contributed by atoms with E-state index in [-0.39, 0.29) is 41.9 Å². The molecule has 220 valence electrons. The molecular weight excluding hydrogens is 576 g/mol. The first kappa shape index (κ1) is 29.7. The molecular formula is C32H27F2N3O5S. The van der Waals surface area contributed by atoms with Gasteiger partial charge in [-0.3, -0.25) is 19.8 Å². The van der Waals surface area contributed by atoms with Gasteiger partial charge in [0.15, 0.2) is 0 Å². The predicted molar refractivity (Wildman–Crippen MR) is 161 cm³/mol. The van der Waals surface area contributed by atoms with Crippen molar-refractivity contribution in [1.29, 1.82) is 0 Å². The van der Waals surface area contributed by atoms with Crippen molar-refractivity contribution in [3.05, 3.63) is 133 Å². The third-order valence-corrected chi connectivity index (χ3v) is 8.27. The highest BCUT2D eigenvalue weighted by atomic mass is 32.1. The number of esters is 1. The number of nitrogens with zero attached hydrogens (tertiary/aromatic N) is 3. The number of benzene rings is 3. The normalized spacial score (nSPS) is 11.3. The molecule has 5 rings (SSSR count). The lowest BCUT2D eigenvalue weighted by Crippen LogP contribution is -2.23. The van der Waals surface area contributed by atoms with Gasteiger partial charge in [-0.05, 0) is 54.9 Å². The van der Waals surface area contributed by atoms with Gasteiger partial charge in [0.1, 0.15) is 22.0 Å². The number of fused-ring (bicyclic) bond motifs is 1. The molecule has 0 N–H and O–H groups in total. The zero-order valence-corrected chi connectivity index (χ0v) is 24.2. The summed E-state index contributed by atoms with van der Waals surface area (Å²) in [6, 6.07) is 19.2. The maximum atomic E-state index is 14.8. The number of hydrogen-bond donors (Lipinski definition) is 0. The van der Waals surface area contributed by atoms with Gasteiger partial charge < -0.3 is 9.30 Å². The van der Waals surface area contributed by atoms with Crippen LogP contribution in [0, 0.1) is 21.7 Å². The molecule has 0 saturated heterocycles. The molecule has 0 saturated carbocycles. The molecule has 3 aromatic carbocycles. The summed E-state index contributed by atoms with van der Waals surface area (Å²) in [4.78, 5) is 40.8. The van der Waals surface area contributed by atoms with Gasteiger partial charge >= 0.3 is 5.97 Å². The first-order valence-electron chi connectivity index (χ1n) is 13.4. The molecule has 0 unspecified atom stereocenters. The lowest BCUT2D eigenvalue weighted by molar-refractivity contribution is -0.384. The summed E-state index contributed by atoms with van der Waals surface area (Å²) in [5.74, 6) is -2.37. The Bertz CT molecular complexity index is 1850. The number of nitro groups is 1. The molecule has 0 bridgehead atoms. The van der Waals surface area contributed by atoms with Crippen molar-refractivity contribution in [2.75, 3.05) is 13.7 Å². The third-order valence-electron chi connectivity index (χ3n) is 6.96. The molecule has 5 aromatic rings. The molecule has 0 spiro atoms. The Hall–Kier alpha value is -4.74. The minimum absolute atomic E-state index is 0.0304. The average molecular weight is 604 g/mol. The first-order valence-corrected chi connectivity index (χ1v) is 14.3. The van der Waals surface area contributed by atoms with Gasteiger partial charge in [-0.1, -0.05) is 36.4 Å². The molecule has 0 radical (unpaired) electrons. The molecule has 11 heteroatoms. The van der Waals surface area contributed by atoms with E-state index < -0.39 is 28.0 Å². The fourth-order valence-corrected chi connectivity index (χ4v) is 6.25. The number of carbonyl (C=O) groups excluding carboxylic acids is 1. The van der Waals surface area contributed by atoms with Crippen molar-refractivity contribution in [1.82, 2.24) is 9.47 Å². The van der Waals surface area contributed by atoms with Crippen LogP contribution in [0.15, 0.2) is 83.8 Å². The first-order chi connectivity index (χ1) is 20.7. The SMILES string of the molecule is CCOC(=O)c1cn(Cc2c(F)cccc2F)c2sc(-c3ccc([N+](=O)[O-])cc3)c(CN(C)Cc3ccccc3)c2c1=O. The van der Waals surface area contributed by atoms with Crippen LogP contribution in [-0.4, -0.2) is 34.0 Å². The Morgan fingerprint density at radius 2 is 1.65 bits per heavy atom. The van der Waals surface area contributed by atoms with Gasteiger partial charge in [-0.15, -0.1) is 11.3 Å². The summed E-state index contributed by atoms with van der Waals surface area (Å²) in [5, 5.41) is 11.5. The summed E-state index contributed by atoms with van der Waals surface area (Å²) in [6.07, 6.45) is 1.28. The molecule has 0 aliphatic carbocycles. The van der Waals surface area contributed by atoms with Crippen LogP contribution in [0.3, 0.4) is 0 Å². The van der Waals surface area contributed by atoms with Crippen LogP contribution in [0.5, 0.6) is 0 Å². The highest BCUT2D eigenvalue weighted by Crippen LogP contribution is 2.39. The quantitative estimate of drug-likeness (QED) is 0.0993. The fourth-order valence-electron chi connectivity index (χ4n) is 4.96. The summed E-state index contributed by atoms with van der Waals surface area (Å²) in [6.45, 7) is 2.18. The predicted octanol–water partition coefficient (Wildman–Crippen LogP) is 6.77. The van der Waals surface area contributed by atoms with E-state index >= 15 is 0 Å². The van der Waals surface area contributed by atoms with Gasteiger partial charge in [-0.25, -0.2) is 13.6 Å². The van der Waals surface area contributed by atoms with Crippen LogP contribution >= 0.6 is 11.3 Å². The number of hydrogen-bond acceptors (Lipinski definition) is 7. The van der Waals surface area contributed by atoms with Gasteiger partial charge in [-0.2, -0.15) is 0 Å². The molecule has 43 heavy (non-hydrogen) atoms. The van der Waals surface area contributed by atoms with Crippen LogP contribution < -0.4 is 5.43 Å². The average Bonchev–Trinajstić information content (AvgIpc) is 3.36. The second kappa shape index (κ2) is 12.6. The van der Waals surface area contributed by atoms with E-state index in [1.165, 1.54) is 40.3 Å². The number of rotatable bonds is 10. The zero-order chi connectivity index (χ0) is 30.7. The van der Waals surface area contributed by atoms with Gasteiger partial charge in [0.25, 0.3) is 5.69 Å². The Morgan fingerprint density at radius 1 is 0.977 bits per heavy atom. The highest BCUT2D eigenvalue weighted by Gasteiger charge is 2.26. The van der Waals surface area contributed by atoms with E-state index in [0.717, 1.165) is 17.7 Å². The number of pyridine rings is 1. The largest absolute Gasteiger partial charge is 0.462 e. The minimum atomic E-state index is -0.844. The number of halogens is 2. The van der Waals surface area contributed by atoms with E-state index in [2.05, 4.69) is 0 Å². The standard InChI is InChI=1S/C32H27F2N3O5S/c1-3-42-32(39)25-19-36(18-23-26(33)10-7-11-27(23)34)31-28(29(25)38)24(17-35(2)16-20-8-5-4-6-9-20)30(43-31)21-12-14-22(15-13-21)37(40)41/h4-15,19H,3,16-18H2,1-2H3. The fraction of sp³-hybridized carbons (Fsp3) is 0.188. The number of nitro benzene ring substituents is 1. The van der Waals surface area contributed by atoms with Crippen LogP contribution in [0.2, 0.25) is 0 Å². The molecule has 0 atom stereocenters. The van der Waals surface area contributed by atoms with E-state index in [1.54, 1.807) is 19.1 Å². The lowest BCUT2D eigenvalue weighted by atomic mass is 10.0. The smallest absolute Gasteiger partial charge is 0.343 e. The number of non-ortho nitro benzene ring substituents is 1. The Balaban J connectivity index is 1.75. The Labute approximate surface area is 249 Å². The Kier molecular flexibility index (Phi) is 8.74. The second-order valence-electron chi connectivity index (χ2n) is 9.97. The lowest BCUT2D eigenvalue weighted by Gasteiger charge is -2.18. The Morgan fingerprint density at radius 3 is 2.28 bits per heavy atom. The number of aromatic nitrogens is 1. The molecule has 2 heterocycles. The van der Waals surface area contributed by atoms with Crippen molar-refractivity contribution < 1.29 is 23.2 Å². The van der Waals surface area contributed by atoms with Crippen LogP contribution in [0.1, 0.15) is 34.0 Å². The summed E-state index contributed by atoms with van der Waals surface area (Å²) >= 11 is 1.21. The van der Waals surface area contributed by atoms with Crippen LogP contribution in [-0.2, 0) is 24.4 Å². The minimum Gasteiger partial charge on any atom is -0.462 e. The van der Waals surface area contributed by atoms with Crippen LogP contribution in [0.25, 0.3) is 20.7 Å². The van der Waals surface area contributed by atoms with E-state index in [9.17, 15) is 28.5 Å². The topological polar surface area (TPSA) is 94.7 Å². The monoisotopic (exact) mass is 603 g/mol. The number of ether oxygens (including phenoxy) is 1. The molecule has 0 aliphatic rings. The van der Waals surface area contributed by atoms with Crippen molar-refractivity contribution in [2.45, 2.75) is 26.6 Å². The van der Waals surface area contributed by atoms with E-state index in [1.807, 2.05) is 42.3 Å². The maximum Gasteiger partial charge on any atom is 0.343 e. The van der Waals surface area contributed by atoms with E-state index in [4.69, 9.17) is 4.74 Å². The van der Waals surface area contributed by atoms with Crippen molar-refractivity contribution in [3.8, 4) is 10.4 Å². The van der Waals surface area contributed by atoms with Gasteiger partial charge in [0, 0.05) is 41.9 Å². The van der Waals surface area contributed by atoms with Crippen molar-refractivity contribution in [3.63, 3.8) is 0 Å². The third kappa shape index (κ3) is 6.23. The van der Waals surface area contributed by atoms with Crippen LogP contribution in [0.4, 0.5) is 14.5 Å². The maximum absolute atomic E-state index is 14.8. The van der Waals surface area contributed by atoms with E-state index in [0.29, 0.717) is 27.4 Å². The summed E-state index contributed by atoms with van der Waals surface area (Å²) < 4.78 is 36.2. The number of carbonyl (C=O) groups is 1. The molecule has 0 amide bonds. The highest BCUT2D eigenvalue weighted by molar-refractivity contribution is 7.22. The number of thiophene rings is 1. The molecule has 0 aliphatic heterocycles. The van der Waals surface area contributed by atoms with Gasteiger partial charge in [0.2, 0.25) is 5.43 Å². The second-order valence-corrected chi connectivity index (χ2v) is 11.0. The van der Waals surface area contributed by atoms with Gasteiger partial charge in [0.05, 0.1) is 23.5 Å². The van der Waals surface area contributed by atoms with Crippen molar-refractivity contribution in [2.24, 2.45) is 0 Å².